The molecule has 0 unspecified atom stereocenters. The van der Waals surface area contributed by atoms with Gasteiger partial charge in [0.05, 0.1) is 0 Å². The number of carbonyl (C=O) groups is 1. The standard InChI is InChI=1S/C25H36N2O/c1-3-5-7-9-11-13-15-17-19-21-23-26-25(28)27-24-22-20-18-16-14-12-10-8-6-4-2/h1-2H,5-12,17-24H2,(H2,26,27,28). The van der Waals surface area contributed by atoms with E-state index in [1.54, 1.807) is 0 Å². The highest BCUT2D eigenvalue weighted by molar-refractivity contribution is 5.73. The van der Waals surface area contributed by atoms with Crippen molar-refractivity contribution in [2.45, 2.75) is 89.9 Å². The summed E-state index contributed by atoms with van der Waals surface area (Å²) in [5.74, 6) is 18.0. The molecule has 0 spiro atoms. The van der Waals surface area contributed by atoms with Gasteiger partial charge >= 0.3 is 6.03 Å². The van der Waals surface area contributed by atoms with Gasteiger partial charge in [0, 0.05) is 51.6 Å². The van der Waals surface area contributed by atoms with E-state index in [0.717, 1.165) is 89.9 Å². The molecule has 152 valence electrons. The Bertz CT molecular complexity index is 534. The molecule has 2 amide bonds. The summed E-state index contributed by atoms with van der Waals surface area (Å²) in [6.07, 6.45) is 24.0. The number of hydrogen-bond acceptors (Lipinski definition) is 1. The van der Waals surface area contributed by atoms with Crippen molar-refractivity contribution in [1.82, 2.24) is 10.6 Å². The van der Waals surface area contributed by atoms with Crippen LogP contribution in [0.4, 0.5) is 4.79 Å². The molecule has 0 saturated heterocycles. The van der Waals surface area contributed by atoms with Gasteiger partial charge in [0.2, 0.25) is 0 Å². The molecule has 3 heteroatoms. The van der Waals surface area contributed by atoms with Crippen molar-refractivity contribution < 1.29 is 4.79 Å². The Balaban J connectivity index is 3.34. The van der Waals surface area contributed by atoms with E-state index in [1.165, 1.54) is 0 Å². The second-order valence-electron chi connectivity index (χ2n) is 6.63. The fraction of sp³-hybridized carbons (Fsp3) is 0.640. The third-order valence-corrected chi connectivity index (χ3v) is 4.02. The number of amides is 2. The summed E-state index contributed by atoms with van der Waals surface area (Å²) in [4.78, 5) is 11.7. The Morgan fingerprint density at radius 1 is 0.536 bits per heavy atom. The highest BCUT2D eigenvalue weighted by atomic mass is 16.2. The van der Waals surface area contributed by atoms with Crippen molar-refractivity contribution in [3.05, 3.63) is 0 Å². The third-order valence-electron chi connectivity index (χ3n) is 4.02. The van der Waals surface area contributed by atoms with Gasteiger partial charge in [-0.05, 0) is 51.4 Å². The number of unbranched alkanes of at least 4 members (excludes halogenated alkanes) is 10. The molecule has 0 aromatic rings. The maximum absolute atomic E-state index is 11.7. The molecule has 0 fully saturated rings. The van der Waals surface area contributed by atoms with E-state index in [-0.39, 0.29) is 6.03 Å². The Morgan fingerprint density at radius 3 is 1.21 bits per heavy atom. The lowest BCUT2D eigenvalue weighted by molar-refractivity contribution is 0.240. The van der Waals surface area contributed by atoms with Crippen molar-refractivity contribution in [2.75, 3.05) is 13.1 Å². The smallest absolute Gasteiger partial charge is 0.314 e. The maximum Gasteiger partial charge on any atom is 0.314 e. The summed E-state index contributed by atoms with van der Waals surface area (Å²) < 4.78 is 0. The Hall–Kier alpha value is -2.49. The van der Waals surface area contributed by atoms with Crippen LogP contribution in [0.15, 0.2) is 0 Å². The monoisotopic (exact) mass is 380 g/mol. The van der Waals surface area contributed by atoms with Crippen LogP contribution in [0.5, 0.6) is 0 Å². The van der Waals surface area contributed by atoms with Crippen LogP contribution in [0.25, 0.3) is 0 Å². The van der Waals surface area contributed by atoms with Crippen LogP contribution >= 0.6 is 0 Å². The minimum absolute atomic E-state index is 0.0841. The lowest BCUT2D eigenvalue weighted by Gasteiger charge is -2.06. The zero-order valence-corrected chi connectivity index (χ0v) is 17.4. The molecule has 0 aliphatic rings. The van der Waals surface area contributed by atoms with Gasteiger partial charge in [0.25, 0.3) is 0 Å². The first kappa shape index (κ1) is 25.5. The highest BCUT2D eigenvalue weighted by Crippen LogP contribution is 1.99. The summed E-state index contributed by atoms with van der Waals surface area (Å²) >= 11 is 0. The number of carbonyl (C=O) groups excluding carboxylic acids is 1. The van der Waals surface area contributed by atoms with Crippen LogP contribution in [0.1, 0.15) is 89.9 Å². The van der Waals surface area contributed by atoms with Crippen LogP contribution in [0.3, 0.4) is 0 Å². The molecule has 2 N–H and O–H groups in total. The van der Waals surface area contributed by atoms with Gasteiger partial charge in [-0.3, -0.25) is 0 Å². The second-order valence-corrected chi connectivity index (χ2v) is 6.63. The van der Waals surface area contributed by atoms with Gasteiger partial charge in [-0.2, -0.15) is 0 Å². The van der Waals surface area contributed by atoms with Crippen molar-refractivity contribution in [2.24, 2.45) is 0 Å². The topological polar surface area (TPSA) is 41.1 Å². The predicted octanol–water partition coefficient (Wildman–Crippen LogP) is 5.02. The lowest BCUT2D eigenvalue weighted by atomic mass is 10.2. The van der Waals surface area contributed by atoms with Crippen molar-refractivity contribution in [3.63, 3.8) is 0 Å². The van der Waals surface area contributed by atoms with Gasteiger partial charge in [-0.25, -0.2) is 4.79 Å². The normalized spacial score (nSPS) is 9.07. The van der Waals surface area contributed by atoms with E-state index in [2.05, 4.69) is 46.2 Å². The number of terminal acetylenes is 2. The quantitative estimate of drug-likeness (QED) is 0.322. The number of hydrogen-bond donors (Lipinski definition) is 2. The number of nitrogens with one attached hydrogen (secondary N) is 2. The molecule has 0 bridgehead atoms. The van der Waals surface area contributed by atoms with E-state index < -0.39 is 0 Å². The summed E-state index contributed by atoms with van der Waals surface area (Å²) in [5, 5.41) is 5.77. The van der Waals surface area contributed by atoms with E-state index >= 15 is 0 Å². The molecule has 0 radical (unpaired) electrons. The zero-order chi connectivity index (χ0) is 20.5. The van der Waals surface area contributed by atoms with Gasteiger partial charge < -0.3 is 10.6 Å². The minimum atomic E-state index is -0.0841. The van der Waals surface area contributed by atoms with Crippen LogP contribution < -0.4 is 10.6 Å². The van der Waals surface area contributed by atoms with Crippen LogP contribution in [-0.2, 0) is 0 Å². The summed E-state index contributed by atoms with van der Waals surface area (Å²) in [6, 6.07) is -0.0841. The average molecular weight is 381 g/mol. The van der Waals surface area contributed by atoms with Crippen LogP contribution in [0.2, 0.25) is 0 Å². The summed E-state index contributed by atoms with van der Waals surface area (Å²) in [6.45, 7) is 1.39. The second kappa shape index (κ2) is 22.6. The zero-order valence-electron chi connectivity index (χ0n) is 17.4. The van der Waals surface area contributed by atoms with E-state index in [4.69, 9.17) is 12.8 Å². The van der Waals surface area contributed by atoms with Gasteiger partial charge in [-0.1, -0.05) is 0 Å². The van der Waals surface area contributed by atoms with E-state index in [0.29, 0.717) is 13.1 Å². The van der Waals surface area contributed by atoms with Gasteiger partial charge in [-0.15, -0.1) is 48.4 Å². The summed E-state index contributed by atoms with van der Waals surface area (Å²) in [5.41, 5.74) is 0. The molecule has 0 saturated carbocycles. The molecule has 0 heterocycles. The average Bonchev–Trinajstić information content (AvgIpc) is 2.70. The Labute approximate surface area is 173 Å². The Morgan fingerprint density at radius 2 is 0.857 bits per heavy atom. The fourth-order valence-electron chi connectivity index (χ4n) is 2.38. The number of urea groups is 1. The molecule has 0 aliphatic heterocycles. The maximum atomic E-state index is 11.7. The van der Waals surface area contributed by atoms with Gasteiger partial charge in [0.1, 0.15) is 0 Å². The number of rotatable bonds is 14. The van der Waals surface area contributed by atoms with Gasteiger partial charge in [0.15, 0.2) is 0 Å². The first-order valence-electron chi connectivity index (χ1n) is 10.6. The molecule has 0 atom stereocenters. The molecule has 0 aromatic carbocycles. The van der Waals surface area contributed by atoms with Crippen LogP contribution in [-0.4, -0.2) is 19.1 Å². The Kier molecular flexibility index (Phi) is 20.5. The summed E-state index contributed by atoms with van der Waals surface area (Å²) in [7, 11) is 0. The van der Waals surface area contributed by atoms with Crippen molar-refractivity contribution in [1.29, 1.82) is 0 Å². The highest BCUT2D eigenvalue weighted by Gasteiger charge is 1.97. The van der Waals surface area contributed by atoms with Crippen molar-refractivity contribution in [3.8, 4) is 48.4 Å². The fourth-order valence-corrected chi connectivity index (χ4v) is 2.38. The van der Waals surface area contributed by atoms with Crippen molar-refractivity contribution >= 4 is 6.03 Å². The molecule has 0 aliphatic carbocycles. The SMILES string of the molecule is C#CCCCCC#CCCCCNC(=O)NCCCCC#CCCCCC#C. The van der Waals surface area contributed by atoms with Crippen LogP contribution in [0, 0.1) is 48.4 Å². The first-order chi connectivity index (χ1) is 13.8. The van der Waals surface area contributed by atoms with E-state index in [1.807, 2.05) is 0 Å². The first-order valence-corrected chi connectivity index (χ1v) is 10.6. The molecule has 0 rings (SSSR count). The predicted molar refractivity (Wildman–Crippen MR) is 119 cm³/mol. The molecule has 0 aromatic heterocycles. The molecular formula is C25H36N2O. The molecule has 28 heavy (non-hydrogen) atoms. The van der Waals surface area contributed by atoms with E-state index in [9.17, 15) is 4.79 Å². The largest absolute Gasteiger partial charge is 0.338 e. The third kappa shape index (κ3) is 21.6. The lowest BCUT2D eigenvalue weighted by Crippen LogP contribution is -2.36. The minimum Gasteiger partial charge on any atom is -0.338 e. The molecular weight excluding hydrogens is 344 g/mol. The molecule has 3 nitrogen and oxygen atoms in total.